The predicted octanol–water partition coefficient (Wildman–Crippen LogP) is 3.15. The Morgan fingerprint density at radius 2 is 1.76 bits per heavy atom. The van der Waals surface area contributed by atoms with Crippen LogP contribution in [0, 0.1) is 0 Å². The summed E-state index contributed by atoms with van der Waals surface area (Å²) in [5.74, 6) is -1.22. The molecule has 0 saturated heterocycles. The van der Waals surface area contributed by atoms with E-state index in [1.54, 1.807) is 24.1 Å². The number of aromatic hydroxyl groups is 1. The van der Waals surface area contributed by atoms with E-state index in [0.29, 0.717) is 11.4 Å². The van der Waals surface area contributed by atoms with E-state index in [4.69, 9.17) is 9.47 Å². The number of benzene rings is 2. The van der Waals surface area contributed by atoms with Gasteiger partial charge in [0.1, 0.15) is 17.1 Å². The van der Waals surface area contributed by atoms with Crippen LogP contribution in [-0.2, 0) is 19.6 Å². The van der Waals surface area contributed by atoms with Gasteiger partial charge in [0.25, 0.3) is 15.9 Å². The minimum Gasteiger partial charge on any atom is -0.507 e. The first kappa shape index (κ1) is 24.4. The van der Waals surface area contributed by atoms with Crippen LogP contribution in [0.2, 0.25) is 0 Å². The van der Waals surface area contributed by atoms with E-state index in [9.17, 15) is 23.1 Å². The highest BCUT2D eigenvalue weighted by Crippen LogP contribution is 2.25. The molecule has 0 radical (unpaired) electrons. The second-order valence-corrected chi connectivity index (χ2v) is 9.57. The molecule has 1 aliphatic carbocycles. The summed E-state index contributed by atoms with van der Waals surface area (Å²) in [6, 6.07) is 9.64. The first-order chi connectivity index (χ1) is 15.7. The molecule has 0 bridgehead atoms. The zero-order chi connectivity index (χ0) is 24.0. The number of likely N-dealkylation sites (N-methyl/N-ethyl adjacent to an activating group) is 1. The van der Waals surface area contributed by atoms with Crippen molar-refractivity contribution in [3.63, 3.8) is 0 Å². The van der Waals surface area contributed by atoms with Crippen molar-refractivity contribution in [3.05, 3.63) is 48.0 Å². The van der Waals surface area contributed by atoms with Crippen LogP contribution in [0.1, 0.15) is 42.5 Å². The number of hydrogen-bond donors (Lipinski definition) is 2. The molecule has 2 N–H and O–H groups in total. The summed E-state index contributed by atoms with van der Waals surface area (Å²) in [7, 11) is -0.870. The topological polar surface area (TPSA) is 122 Å². The van der Waals surface area contributed by atoms with Gasteiger partial charge in [-0.05, 0) is 55.3 Å². The minimum absolute atomic E-state index is 0.121. The standard InChI is InChI=1S/C23H28N2O7S/c1-25(17-6-4-3-5-7-17)22(27)15-32-23(28)20-14-19(12-13-21(20)26)33(29,30)24-16-8-10-18(31-2)11-9-16/h8-14,17,24,26H,3-7,15H2,1-2H3. The van der Waals surface area contributed by atoms with E-state index in [0.717, 1.165) is 44.2 Å². The molecule has 9 nitrogen and oxygen atoms in total. The number of hydrogen-bond acceptors (Lipinski definition) is 7. The third-order valence-electron chi connectivity index (χ3n) is 5.68. The largest absolute Gasteiger partial charge is 0.507 e. The zero-order valence-electron chi connectivity index (χ0n) is 18.6. The van der Waals surface area contributed by atoms with E-state index in [-0.39, 0.29) is 22.4 Å². The van der Waals surface area contributed by atoms with Gasteiger partial charge in [-0.2, -0.15) is 0 Å². The summed E-state index contributed by atoms with van der Waals surface area (Å²) in [5, 5.41) is 10.1. The number of esters is 1. The van der Waals surface area contributed by atoms with Crippen molar-refractivity contribution in [2.24, 2.45) is 0 Å². The number of sulfonamides is 1. The molecule has 0 unspecified atom stereocenters. The van der Waals surface area contributed by atoms with E-state index in [2.05, 4.69) is 4.72 Å². The second-order valence-electron chi connectivity index (χ2n) is 7.89. The SMILES string of the molecule is COc1ccc(NS(=O)(=O)c2ccc(O)c(C(=O)OCC(=O)N(C)C3CCCCC3)c2)cc1. The molecule has 0 spiro atoms. The van der Waals surface area contributed by atoms with Crippen molar-refractivity contribution in [1.82, 2.24) is 4.90 Å². The Hall–Kier alpha value is -3.27. The molecule has 2 aromatic rings. The summed E-state index contributed by atoms with van der Waals surface area (Å²) in [6.07, 6.45) is 5.10. The smallest absolute Gasteiger partial charge is 0.342 e. The fraction of sp³-hybridized carbons (Fsp3) is 0.391. The lowest BCUT2D eigenvalue weighted by molar-refractivity contribution is -0.135. The van der Waals surface area contributed by atoms with Gasteiger partial charge in [0, 0.05) is 18.8 Å². The number of anilines is 1. The molecule has 1 amide bonds. The van der Waals surface area contributed by atoms with Gasteiger partial charge >= 0.3 is 5.97 Å². The maximum atomic E-state index is 12.7. The molecule has 3 rings (SSSR count). The van der Waals surface area contributed by atoms with Gasteiger partial charge < -0.3 is 19.5 Å². The van der Waals surface area contributed by atoms with Crippen LogP contribution in [0.3, 0.4) is 0 Å². The number of carbonyl (C=O) groups excluding carboxylic acids is 2. The highest BCUT2D eigenvalue weighted by Gasteiger charge is 2.24. The fourth-order valence-corrected chi connectivity index (χ4v) is 4.78. The van der Waals surface area contributed by atoms with E-state index >= 15 is 0 Å². The molecule has 2 aromatic carbocycles. The highest BCUT2D eigenvalue weighted by molar-refractivity contribution is 7.92. The van der Waals surface area contributed by atoms with Crippen LogP contribution >= 0.6 is 0 Å². The van der Waals surface area contributed by atoms with E-state index in [1.807, 2.05) is 0 Å². The van der Waals surface area contributed by atoms with Gasteiger partial charge in [-0.1, -0.05) is 19.3 Å². The molecule has 33 heavy (non-hydrogen) atoms. The molecular weight excluding hydrogens is 448 g/mol. The predicted molar refractivity (Wildman–Crippen MR) is 122 cm³/mol. The molecule has 0 atom stereocenters. The van der Waals surface area contributed by atoms with Gasteiger partial charge in [0.2, 0.25) is 0 Å². The Morgan fingerprint density at radius 1 is 1.09 bits per heavy atom. The Morgan fingerprint density at radius 3 is 2.39 bits per heavy atom. The van der Waals surface area contributed by atoms with Gasteiger partial charge in [0.15, 0.2) is 6.61 Å². The summed E-state index contributed by atoms with van der Waals surface area (Å²) in [4.78, 5) is 26.3. The molecule has 10 heteroatoms. The van der Waals surface area contributed by atoms with Crippen molar-refractivity contribution < 1.29 is 32.6 Å². The first-order valence-electron chi connectivity index (χ1n) is 10.6. The van der Waals surface area contributed by atoms with Gasteiger partial charge in [-0.3, -0.25) is 9.52 Å². The number of phenolic OH excluding ortho intramolecular Hbond substituents is 1. The summed E-state index contributed by atoms with van der Waals surface area (Å²) < 4.78 is 38.0. The first-order valence-corrected chi connectivity index (χ1v) is 12.1. The number of amides is 1. The summed E-state index contributed by atoms with van der Waals surface area (Å²) >= 11 is 0. The lowest BCUT2D eigenvalue weighted by Gasteiger charge is -2.31. The zero-order valence-corrected chi connectivity index (χ0v) is 19.4. The van der Waals surface area contributed by atoms with Crippen molar-refractivity contribution in [3.8, 4) is 11.5 Å². The number of rotatable bonds is 8. The average molecular weight is 477 g/mol. The Bertz CT molecular complexity index is 1090. The Balaban J connectivity index is 1.68. The number of nitrogens with one attached hydrogen (secondary N) is 1. The molecular formula is C23H28N2O7S. The van der Waals surface area contributed by atoms with Crippen molar-refractivity contribution in [1.29, 1.82) is 0 Å². The summed E-state index contributed by atoms with van der Waals surface area (Å²) in [5.41, 5.74) is -0.0509. The number of methoxy groups -OCH3 is 1. The molecule has 1 saturated carbocycles. The quantitative estimate of drug-likeness (QED) is 0.561. The third-order valence-corrected chi connectivity index (χ3v) is 7.06. The van der Waals surface area contributed by atoms with Crippen LogP contribution in [0.15, 0.2) is 47.4 Å². The number of carbonyl (C=O) groups is 2. The molecule has 0 heterocycles. The van der Waals surface area contributed by atoms with Gasteiger partial charge in [-0.15, -0.1) is 0 Å². The van der Waals surface area contributed by atoms with Gasteiger partial charge in [-0.25, -0.2) is 13.2 Å². The number of nitrogens with zero attached hydrogens (tertiary/aromatic N) is 1. The highest BCUT2D eigenvalue weighted by atomic mass is 32.2. The maximum absolute atomic E-state index is 12.7. The minimum atomic E-state index is -4.05. The van der Waals surface area contributed by atoms with Crippen LogP contribution in [-0.4, -0.2) is 57.1 Å². The van der Waals surface area contributed by atoms with Gasteiger partial charge in [0.05, 0.1) is 12.0 Å². The Labute approximate surface area is 193 Å². The molecule has 0 aromatic heterocycles. The second kappa shape index (κ2) is 10.6. The maximum Gasteiger partial charge on any atom is 0.342 e. The van der Waals surface area contributed by atoms with Crippen molar-refractivity contribution in [2.75, 3.05) is 25.5 Å². The summed E-state index contributed by atoms with van der Waals surface area (Å²) in [6.45, 7) is -0.494. The van der Waals surface area contributed by atoms with Crippen molar-refractivity contribution >= 4 is 27.6 Å². The van der Waals surface area contributed by atoms with E-state index in [1.165, 1.54) is 25.3 Å². The number of phenols is 1. The number of ether oxygens (including phenoxy) is 2. The molecule has 1 fully saturated rings. The molecule has 178 valence electrons. The fourth-order valence-electron chi connectivity index (χ4n) is 3.70. The monoisotopic (exact) mass is 476 g/mol. The van der Waals surface area contributed by atoms with Crippen LogP contribution < -0.4 is 9.46 Å². The van der Waals surface area contributed by atoms with E-state index < -0.39 is 28.3 Å². The lowest BCUT2D eigenvalue weighted by Crippen LogP contribution is -2.40. The normalized spacial score (nSPS) is 14.4. The Kier molecular flexibility index (Phi) is 7.80. The van der Waals surface area contributed by atoms with Crippen LogP contribution in [0.5, 0.6) is 11.5 Å². The lowest BCUT2D eigenvalue weighted by atomic mass is 9.94. The average Bonchev–Trinajstić information content (AvgIpc) is 2.82. The van der Waals surface area contributed by atoms with Crippen LogP contribution in [0.25, 0.3) is 0 Å². The van der Waals surface area contributed by atoms with Crippen LogP contribution in [0.4, 0.5) is 5.69 Å². The molecule has 1 aliphatic rings. The van der Waals surface area contributed by atoms with Crippen molar-refractivity contribution in [2.45, 2.75) is 43.0 Å². The third kappa shape index (κ3) is 6.16. The molecule has 0 aliphatic heterocycles.